The van der Waals surface area contributed by atoms with Crippen LogP contribution in [0.3, 0.4) is 0 Å². The molecule has 0 bridgehead atoms. The molecule has 2 rings (SSSR count). The molecule has 0 aliphatic heterocycles. The average molecular weight is 294 g/mol. The van der Waals surface area contributed by atoms with E-state index in [-0.39, 0.29) is 17.2 Å². The predicted molar refractivity (Wildman–Crippen MR) is 77.7 cm³/mol. The molecule has 0 fully saturated rings. The van der Waals surface area contributed by atoms with Crippen LogP contribution in [0.1, 0.15) is 49.9 Å². The maximum atomic E-state index is 12.4. The van der Waals surface area contributed by atoms with Crippen LogP contribution in [0.15, 0.2) is 22.0 Å². The van der Waals surface area contributed by atoms with Gasteiger partial charge in [-0.15, -0.1) is 11.3 Å². The molecule has 1 amide bonds. The van der Waals surface area contributed by atoms with Crippen molar-refractivity contribution in [3.63, 3.8) is 0 Å². The molecule has 108 valence electrons. The molecule has 0 aliphatic rings. The first kappa shape index (κ1) is 14.7. The average Bonchev–Trinajstić information content (AvgIpc) is 2.95. The Balaban J connectivity index is 2.48. The Hall–Kier alpha value is -1.66. The number of nitrogens with one attached hydrogen (secondary N) is 1. The molecule has 0 aromatic carbocycles. The number of amides is 1. The number of carbonyl (C=O) groups excluding carboxylic acids is 1. The fourth-order valence-corrected chi connectivity index (χ4v) is 2.50. The number of rotatable bonds is 3. The van der Waals surface area contributed by atoms with Crippen molar-refractivity contribution >= 4 is 17.2 Å². The molecule has 0 spiro atoms. The van der Waals surface area contributed by atoms with Gasteiger partial charge in [0.1, 0.15) is 17.4 Å². The molecule has 2 N–H and O–H groups in total. The van der Waals surface area contributed by atoms with Crippen LogP contribution in [0.5, 0.6) is 0 Å². The van der Waals surface area contributed by atoms with Crippen LogP contribution < -0.4 is 5.32 Å². The number of aliphatic hydroxyl groups is 1. The van der Waals surface area contributed by atoms with Gasteiger partial charge >= 0.3 is 0 Å². The van der Waals surface area contributed by atoms with Gasteiger partial charge in [0.25, 0.3) is 5.91 Å². The monoisotopic (exact) mass is 294 g/mol. The smallest absolute Gasteiger partial charge is 0.257 e. The number of aliphatic hydroxyl groups excluding tert-OH is 1. The van der Waals surface area contributed by atoms with Gasteiger partial charge in [0.05, 0.1) is 4.88 Å². The van der Waals surface area contributed by atoms with Crippen molar-refractivity contribution in [2.75, 3.05) is 0 Å². The molecular formula is C14H18N2O3S. The highest BCUT2D eigenvalue weighted by molar-refractivity contribution is 7.13. The highest BCUT2D eigenvalue weighted by Gasteiger charge is 2.28. The largest absolute Gasteiger partial charge is 0.385 e. The van der Waals surface area contributed by atoms with Crippen LogP contribution >= 0.6 is 11.3 Å². The van der Waals surface area contributed by atoms with Crippen molar-refractivity contribution in [3.8, 4) is 10.6 Å². The Morgan fingerprint density at radius 1 is 1.50 bits per heavy atom. The van der Waals surface area contributed by atoms with E-state index in [1.165, 1.54) is 11.3 Å². The first-order valence-corrected chi connectivity index (χ1v) is 7.21. The van der Waals surface area contributed by atoms with Crippen LogP contribution in [0.2, 0.25) is 0 Å². The van der Waals surface area contributed by atoms with E-state index in [9.17, 15) is 9.90 Å². The van der Waals surface area contributed by atoms with E-state index < -0.39 is 6.10 Å². The summed E-state index contributed by atoms with van der Waals surface area (Å²) in [7, 11) is 0. The normalized spacial score (nSPS) is 13.2. The maximum Gasteiger partial charge on any atom is 0.257 e. The van der Waals surface area contributed by atoms with Crippen LogP contribution in [-0.4, -0.2) is 21.7 Å². The first-order valence-electron chi connectivity index (χ1n) is 6.33. The number of carbonyl (C=O) groups is 1. The zero-order valence-corrected chi connectivity index (χ0v) is 12.7. The Morgan fingerprint density at radius 3 is 2.70 bits per heavy atom. The lowest BCUT2D eigenvalue weighted by Crippen LogP contribution is -2.41. The zero-order chi connectivity index (χ0) is 14.9. The molecule has 5 nitrogen and oxygen atoms in total. The SMILES string of the molecule is C[C@H](O)c1onc(-c2cccs2)c1C(=O)NC(C)(C)C. The third-order valence-electron chi connectivity index (χ3n) is 2.57. The third kappa shape index (κ3) is 3.08. The van der Waals surface area contributed by atoms with Crippen molar-refractivity contribution < 1.29 is 14.4 Å². The summed E-state index contributed by atoms with van der Waals surface area (Å²) in [5.74, 6) is -0.104. The summed E-state index contributed by atoms with van der Waals surface area (Å²) in [5.41, 5.74) is 0.395. The lowest BCUT2D eigenvalue weighted by atomic mass is 10.0. The molecule has 2 aromatic rings. The summed E-state index contributed by atoms with van der Waals surface area (Å²) in [6.45, 7) is 7.23. The zero-order valence-electron chi connectivity index (χ0n) is 11.9. The highest BCUT2D eigenvalue weighted by atomic mass is 32.1. The Bertz CT molecular complexity index is 594. The van der Waals surface area contributed by atoms with Crippen molar-refractivity contribution in [3.05, 3.63) is 28.8 Å². The van der Waals surface area contributed by atoms with E-state index in [1.807, 2.05) is 38.3 Å². The molecule has 6 heteroatoms. The van der Waals surface area contributed by atoms with Crippen molar-refractivity contribution in [2.24, 2.45) is 0 Å². The number of hydrogen-bond acceptors (Lipinski definition) is 5. The minimum absolute atomic E-state index is 0.190. The second-order valence-corrected chi connectivity index (χ2v) is 6.58. The Morgan fingerprint density at radius 2 is 2.20 bits per heavy atom. The minimum atomic E-state index is -0.892. The van der Waals surface area contributed by atoms with Crippen molar-refractivity contribution in [1.29, 1.82) is 0 Å². The summed E-state index contributed by atoms with van der Waals surface area (Å²) in [6, 6.07) is 3.74. The van der Waals surface area contributed by atoms with E-state index in [2.05, 4.69) is 10.5 Å². The summed E-state index contributed by atoms with van der Waals surface area (Å²) < 4.78 is 5.16. The van der Waals surface area contributed by atoms with E-state index in [0.717, 1.165) is 4.88 Å². The minimum Gasteiger partial charge on any atom is -0.385 e. The van der Waals surface area contributed by atoms with Gasteiger partial charge in [-0.1, -0.05) is 11.2 Å². The summed E-state index contributed by atoms with van der Waals surface area (Å²) >= 11 is 1.47. The van der Waals surface area contributed by atoms with Crippen LogP contribution in [0, 0.1) is 0 Å². The van der Waals surface area contributed by atoms with Gasteiger partial charge in [0.2, 0.25) is 0 Å². The number of aromatic nitrogens is 1. The number of thiophene rings is 1. The fraction of sp³-hybridized carbons (Fsp3) is 0.429. The number of hydrogen-bond donors (Lipinski definition) is 2. The summed E-state index contributed by atoms with van der Waals surface area (Å²) in [4.78, 5) is 13.3. The molecule has 2 aromatic heterocycles. The summed E-state index contributed by atoms with van der Waals surface area (Å²) in [6.07, 6.45) is -0.892. The van der Waals surface area contributed by atoms with Crippen LogP contribution in [0.25, 0.3) is 10.6 Å². The second-order valence-electron chi connectivity index (χ2n) is 5.63. The topological polar surface area (TPSA) is 75.4 Å². The molecule has 2 heterocycles. The quantitative estimate of drug-likeness (QED) is 0.912. The molecule has 0 saturated heterocycles. The molecule has 0 radical (unpaired) electrons. The highest BCUT2D eigenvalue weighted by Crippen LogP contribution is 2.32. The fourth-order valence-electron chi connectivity index (χ4n) is 1.79. The van der Waals surface area contributed by atoms with E-state index in [0.29, 0.717) is 11.3 Å². The molecule has 1 atom stereocenters. The van der Waals surface area contributed by atoms with E-state index in [1.54, 1.807) is 6.92 Å². The Kier molecular flexibility index (Phi) is 3.96. The third-order valence-corrected chi connectivity index (χ3v) is 3.44. The van der Waals surface area contributed by atoms with Gasteiger partial charge in [0.15, 0.2) is 5.76 Å². The Labute approximate surface area is 121 Å². The first-order chi connectivity index (χ1) is 9.29. The lowest BCUT2D eigenvalue weighted by Gasteiger charge is -2.20. The summed E-state index contributed by atoms with van der Waals surface area (Å²) in [5, 5.41) is 18.5. The second kappa shape index (κ2) is 5.38. The van der Waals surface area contributed by atoms with Gasteiger partial charge in [-0.3, -0.25) is 4.79 Å². The predicted octanol–water partition coefficient (Wildman–Crippen LogP) is 2.98. The standard InChI is InChI=1S/C14H18N2O3S/c1-8(17)12-10(13(18)15-14(2,3)4)11(16-19-12)9-6-5-7-20-9/h5-8,17H,1-4H3,(H,15,18)/t8-/m0/s1. The van der Waals surface area contributed by atoms with E-state index in [4.69, 9.17) is 4.52 Å². The van der Waals surface area contributed by atoms with Gasteiger partial charge in [-0.25, -0.2) is 0 Å². The molecule has 0 saturated carbocycles. The van der Waals surface area contributed by atoms with Gasteiger partial charge in [-0.2, -0.15) is 0 Å². The molecule has 20 heavy (non-hydrogen) atoms. The van der Waals surface area contributed by atoms with Crippen molar-refractivity contribution in [1.82, 2.24) is 10.5 Å². The van der Waals surface area contributed by atoms with Crippen molar-refractivity contribution in [2.45, 2.75) is 39.3 Å². The molecule has 0 aliphatic carbocycles. The van der Waals surface area contributed by atoms with Gasteiger partial charge in [0, 0.05) is 5.54 Å². The lowest BCUT2D eigenvalue weighted by molar-refractivity contribution is 0.0907. The maximum absolute atomic E-state index is 12.4. The van der Waals surface area contributed by atoms with E-state index >= 15 is 0 Å². The van der Waals surface area contributed by atoms with Gasteiger partial charge < -0.3 is 14.9 Å². The number of nitrogens with zero attached hydrogens (tertiary/aromatic N) is 1. The van der Waals surface area contributed by atoms with Crippen LogP contribution in [0.4, 0.5) is 0 Å². The van der Waals surface area contributed by atoms with Gasteiger partial charge in [-0.05, 0) is 39.1 Å². The molecular weight excluding hydrogens is 276 g/mol. The van der Waals surface area contributed by atoms with Crippen LogP contribution in [-0.2, 0) is 0 Å². The molecule has 0 unspecified atom stereocenters.